The SMILES string of the molecule is COc1ccc2[nH]cc(/C=C(\NC(=O)c3ccccc3)C(=O)N3C[C@]4(C)CCC[C@H]3C4)c2c1. The molecule has 2 bridgehead atoms. The number of benzene rings is 2. The molecule has 0 unspecified atom stereocenters. The Morgan fingerprint density at radius 3 is 2.79 bits per heavy atom. The molecule has 2 aliphatic rings. The lowest BCUT2D eigenvalue weighted by Crippen LogP contribution is -2.41. The fourth-order valence-electron chi connectivity index (χ4n) is 5.34. The molecule has 1 saturated carbocycles. The molecular weight excluding hydrogens is 414 g/mol. The minimum Gasteiger partial charge on any atom is -0.497 e. The number of amides is 2. The van der Waals surface area contributed by atoms with Crippen LogP contribution < -0.4 is 10.1 Å². The van der Waals surface area contributed by atoms with Crippen LogP contribution >= 0.6 is 0 Å². The van der Waals surface area contributed by atoms with Gasteiger partial charge in [0.1, 0.15) is 11.4 Å². The summed E-state index contributed by atoms with van der Waals surface area (Å²) < 4.78 is 5.38. The molecule has 2 heterocycles. The summed E-state index contributed by atoms with van der Waals surface area (Å²) in [6.07, 6.45) is 7.98. The highest BCUT2D eigenvalue weighted by atomic mass is 16.5. The van der Waals surface area contributed by atoms with Crippen LogP contribution in [0.1, 0.15) is 48.5 Å². The molecule has 6 heteroatoms. The Bertz CT molecular complexity index is 1230. The quantitative estimate of drug-likeness (QED) is 0.560. The molecular formula is C27H29N3O3. The second-order valence-electron chi connectivity index (χ2n) is 9.53. The zero-order chi connectivity index (χ0) is 23.0. The number of rotatable bonds is 5. The average Bonchev–Trinajstić information content (AvgIpc) is 3.34. The van der Waals surface area contributed by atoms with Gasteiger partial charge >= 0.3 is 0 Å². The summed E-state index contributed by atoms with van der Waals surface area (Å²) in [6.45, 7) is 3.00. The first-order valence-corrected chi connectivity index (χ1v) is 11.5. The molecule has 1 saturated heterocycles. The molecule has 6 nitrogen and oxygen atoms in total. The number of methoxy groups -OCH3 is 1. The Kier molecular flexibility index (Phi) is 5.44. The van der Waals surface area contributed by atoms with Crippen LogP contribution in [0.5, 0.6) is 5.75 Å². The van der Waals surface area contributed by atoms with E-state index >= 15 is 0 Å². The van der Waals surface area contributed by atoms with Gasteiger partial charge in [0.05, 0.1) is 7.11 Å². The zero-order valence-corrected chi connectivity index (χ0v) is 19.1. The van der Waals surface area contributed by atoms with Gasteiger partial charge in [-0.1, -0.05) is 31.5 Å². The van der Waals surface area contributed by atoms with Crippen LogP contribution in [0.3, 0.4) is 0 Å². The van der Waals surface area contributed by atoms with Crippen LogP contribution in [0.4, 0.5) is 0 Å². The van der Waals surface area contributed by atoms with E-state index in [-0.39, 0.29) is 23.3 Å². The van der Waals surface area contributed by atoms with E-state index in [0.29, 0.717) is 11.3 Å². The van der Waals surface area contributed by atoms with Crippen LogP contribution in [0, 0.1) is 5.41 Å². The van der Waals surface area contributed by atoms with Crippen LogP contribution in [-0.2, 0) is 4.79 Å². The first kappa shape index (κ1) is 21.3. The van der Waals surface area contributed by atoms with Gasteiger partial charge in [0, 0.05) is 40.8 Å². The van der Waals surface area contributed by atoms with Crippen molar-refractivity contribution in [2.45, 2.75) is 38.6 Å². The summed E-state index contributed by atoms with van der Waals surface area (Å²) in [5.41, 5.74) is 2.75. The second-order valence-corrected chi connectivity index (χ2v) is 9.53. The van der Waals surface area contributed by atoms with E-state index in [4.69, 9.17) is 4.74 Å². The number of carbonyl (C=O) groups excluding carboxylic acids is 2. The molecule has 2 fully saturated rings. The summed E-state index contributed by atoms with van der Waals surface area (Å²) in [7, 11) is 1.63. The Labute approximate surface area is 193 Å². The fourth-order valence-corrected chi connectivity index (χ4v) is 5.34. The monoisotopic (exact) mass is 443 g/mol. The van der Waals surface area contributed by atoms with Crippen molar-refractivity contribution in [1.29, 1.82) is 0 Å². The van der Waals surface area contributed by atoms with Crippen molar-refractivity contribution in [3.63, 3.8) is 0 Å². The first-order valence-electron chi connectivity index (χ1n) is 11.5. The third kappa shape index (κ3) is 4.13. The van der Waals surface area contributed by atoms with Crippen LogP contribution in [-0.4, -0.2) is 41.4 Å². The number of carbonyl (C=O) groups is 2. The number of hydrogen-bond acceptors (Lipinski definition) is 3. The molecule has 170 valence electrons. The normalized spacial score (nSPS) is 22.4. The summed E-state index contributed by atoms with van der Waals surface area (Å²) >= 11 is 0. The van der Waals surface area contributed by atoms with Crippen molar-refractivity contribution in [3.8, 4) is 5.75 Å². The maximum Gasteiger partial charge on any atom is 0.270 e. The van der Waals surface area contributed by atoms with Gasteiger partial charge in [-0.3, -0.25) is 9.59 Å². The predicted octanol–water partition coefficient (Wildman–Crippen LogP) is 4.74. The molecule has 1 aliphatic carbocycles. The molecule has 33 heavy (non-hydrogen) atoms. The number of ether oxygens (including phenoxy) is 1. The fraction of sp³-hybridized carbons (Fsp3) is 0.333. The van der Waals surface area contributed by atoms with Gasteiger partial charge in [-0.05, 0) is 61.1 Å². The number of aromatic amines is 1. The maximum atomic E-state index is 13.8. The summed E-state index contributed by atoms with van der Waals surface area (Å²) in [6, 6.07) is 15.0. The first-order chi connectivity index (χ1) is 16.0. The molecule has 2 aromatic carbocycles. The molecule has 2 atom stereocenters. The van der Waals surface area contributed by atoms with Crippen LogP contribution in [0.15, 0.2) is 60.4 Å². The van der Waals surface area contributed by atoms with Gasteiger partial charge in [0.25, 0.3) is 11.8 Å². The van der Waals surface area contributed by atoms with E-state index in [0.717, 1.165) is 54.4 Å². The number of likely N-dealkylation sites (tertiary alicyclic amines) is 1. The van der Waals surface area contributed by atoms with Gasteiger partial charge < -0.3 is 19.9 Å². The van der Waals surface area contributed by atoms with E-state index < -0.39 is 0 Å². The highest BCUT2D eigenvalue weighted by molar-refractivity contribution is 6.06. The Hall–Kier alpha value is -3.54. The summed E-state index contributed by atoms with van der Waals surface area (Å²) in [5, 5.41) is 3.85. The van der Waals surface area contributed by atoms with E-state index in [2.05, 4.69) is 17.2 Å². The van der Waals surface area contributed by atoms with Crippen molar-refractivity contribution in [3.05, 3.63) is 71.6 Å². The number of hydrogen-bond donors (Lipinski definition) is 2. The summed E-state index contributed by atoms with van der Waals surface area (Å²) in [5.74, 6) is 0.326. The average molecular weight is 444 g/mol. The Balaban J connectivity index is 1.53. The van der Waals surface area contributed by atoms with Gasteiger partial charge in [0.2, 0.25) is 0 Å². The van der Waals surface area contributed by atoms with Gasteiger partial charge in [0.15, 0.2) is 0 Å². The Morgan fingerprint density at radius 2 is 2.03 bits per heavy atom. The molecule has 0 radical (unpaired) electrons. The molecule has 1 aromatic heterocycles. The third-order valence-corrected chi connectivity index (χ3v) is 7.04. The highest BCUT2D eigenvalue weighted by Gasteiger charge is 2.45. The van der Waals surface area contributed by atoms with E-state index in [1.807, 2.05) is 47.5 Å². The van der Waals surface area contributed by atoms with Gasteiger partial charge in [-0.25, -0.2) is 0 Å². The smallest absolute Gasteiger partial charge is 0.270 e. The third-order valence-electron chi connectivity index (χ3n) is 7.04. The van der Waals surface area contributed by atoms with E-state index in [1.54, 1.807) is 25.3 Å². The lowest BCUT2D eigenvalue weighted by molar-refractivity contribution is -0.128. The number of nitrogens with one attached hydrogen (secondary N) is 2. The van der Waals surface area contributed by atoms with Crippen LogP contribution in [0.2, 0.25) is 0 Å². The minimum atomic E-state index is -0.291. The molecule has 5 rings (SSSR count). The predicted molar refractivity (Wildman–Crippen MR) is 129 cm³/mol. The molecule has 0 spiro atoms. The van der Waals surface area contributed by atoms with Crippen LogP contribution in [0.25, 0.3) is 17.0 Å². The lowest BCUT2D eigenvalue weighted by Gasteiger charge is -2.27. The Morgan fingerprint density at radius 1 is 1.21 bits per heavy atom. The van der Waals surface area contributed by atoms with Crippen molar-refractivity contribution >= 4 is 28.8 Å². The molecule has 2 amide bonds. The van der Waals surface area contributed by atoms with E-state index in [9.17, 15) is 9.59 Å². The molecule has 2 N–H and O–H groups in total. The second kappa shape index (κ2) is 8.43. The summed E-state index contributed by atoms with van der Waals surface area (Å²) in [4.78, 5) is 32.0. The number of H-pyrrole nitrogens is 1. The largest absolute Gasteiger partial charge is 0.497 e. The lowest BCUT2D eigenvalue weighted by atomic mass is 9.78. The zero-order valence-electron chi connectivity index (χ0n) is 19.1. The standard InChI is InChI=1S/C27H29N3O3/c1-27-12-6-9-20(15-27)30(17-27)26(32)24(29-25(31)18-7-4-3-5-8-18)13-19-16-28-23-11-10-21(33-2)14-22(19)23/h3-5,7-8,10-11,13-14,16,20,28H,6,9,12,15,17H2,1-2H3,(H,29,31)/b24-13-/t20-,27+/m0/s1. The minimum absolute atomic E-state index is 0.118. The van der Waals surface area contributed by atoms with Crippen molar-refractivity contribution < 1.29 is 14.3 Å². The maximum absolute atomic E-state index is 13.8. The van der Waals surface area contributed by atoms with E-state index in [1.165, 1.54) is 0 Å². The van der Waals surface area contributed by atoms with Crippen molar-refractivity contribution in [1.82, 2.24) is 15.2 Å². The molecule has 1 aliphatic heterocycles. The number of nitrogens with zero attached hydrogens (tertiary/aromatic N) is 1. The van der Waals surface area contributed by atoms with Crippen molar-refractivity contribution in [2.24, 2.45) is 5.41 Å². The molecule has 3 aromatic rings. The van der Waals surface area contributed by atoms with Gasteiger partial charge in [-0.15, -0.1) is 0 Å². The number of aromatic nitrogens is 1. The van der Waals surface area contributed by atoms with Crippen molar-refractivity contribution in [2.75, 3.05) is 13.7 Å². The highest BCUT2D eigenvalue weighted by Crippen LogP contribution is 2.45. The number of fused-ring (bicyclic) bond motifs is 3. The topological polar surface area (TPSA) is 74.4 Å². The van der Waals surface area contributed by atoms with Gasteiger partial charge in [-0.2, -0.15) is 0 Å².